The third kappa shape index (κ3) is 4.43. The number of amides is 1. The fraction of sp³-hybridized carbons (Fsp3) is 0.941. The summed E-state index contributed by atoms with van der Waals surface area (Å²) in [4.78, 5) is 17.5. The summed E-state index contributed by atoms with van der Waals surface area (Å²) >= 11 is 0. The second-order valence-corrected chi connectivity index (χ2v) is 6.97. The predicted octanol–water partition coefficient (Wildman–Crippen LogP) is 2.24. The fourth-order valence-electron chi connectivity index (χ4n) is 3.74. The van der Waals surface area contributed by atoms with Gasteiger partial charge in [0.2, 0.25) is 5.91 Å². The van der Waals surface area contributed by atoms with Crippen LogP contribution in [0.5, 0.6) is 0 Å². The number of nitrogens with zero attached hydrogens (tertiary/aromatic N) is 2. The minimum absolute atomic E-state index is 0.323. The van der Waals surface area contributed by atoms with Gasteiger partial charge in [0.1, 0.15) is 0 Å². The Morgan fingerprint density at radius 2 is 1.81 bits per heavy atom. The van der Waals surface area contributed by atoms with E-state index in [2.05, 4.69) is 35.9 Å². The highest BCUT2D eigenvalue weighted by molar-refractivity contribution is 5.79. The quantitative estimate of drug-likeness (QED) is 0.782. The standard InChI is InChI=1S/C17H33N3O/c1-4-10-19(16-11-18-12-16)13-17(21)20(14(2)3)15-8-6-5-7-9-15/h14-16,18H,4-13H2,1-3H3. The summed E-state index contributed by atoms with van der Waals surface area (Å²) in [6.07, 6.45) is 7.42. The third-order valence-electron chi connectivity index (χ3n) is 4.94. The second-order valence-electron chi connectivity index (χ2n) is 6.97. The average Bonchev–Trinajstić information content (AvgIpc) is 2.37. The zero-order chi connectivity index (χ0) is 15.2. The molecule has 0 aromatic carbocycles. The first-order valence-corrected chi connectivity index (χ1v) is 8.89. The number of nitrogens with one attached hydrogen (secondary N) is 1. The van der Waals surface area contributed by atoms with Gasteiger partial charge in [-0.05, 0) is 39.7 Å². The molecule has 0 radical (unpaired) electrons. The third-order valence-corrected chi connectivity index (χ3v) is 4.94. The molecule has 1 saturated carbocycles. The second kappa shape index (κ2) is 8.14. The van der Waals surface area contributed by atoms with E-state index in [0.29, 0.717) is 30.6 Å². The molecule has 0 spiro atoms. The van der Waals surface area contributed by atoms with Gasteiger partial charge in [-0.15, -0.1) is 0 Å². The lowest BCUT2D eigenvalue weighted by atomic mass is 9.93. The Labute approximate surface area is 130 Å². The number of carbonyl (C=O) groups excluding carboxylic acids is 1. The van der Waals surface area contributed by atoms with Crippen LogP contribution in [-0.4, -0.2) is 60.0 Å². The highest BCUT2D eigenvalue weighted by atomic mass is 16.2. The van der Waals surface area contributed by atoms with Gasteiger partial charge in [0, 0.05) is 31.2 Å². The minimum Gasteiger partial charge on any atom is -0.336 e. The summed E-state index contributed by atoms with van der Waals surface area (Å²) in [5, 5.41) is 3.32. The molecule has 21 heavy (non-hydrogen) atoms. The first kappa shape index (κ1) is 16.8. The number of hydrogen-bond acceptors (Lipinski definition) is 3. The monoisotopic (exact) mass is 295 g/mol. The minimum atomic E-state index is 0.323. The normalized spacial score (nSPS) is 20.8. The van der Waals surface area contributed by atoms with Crippen molar-refractivity contribution in [1.82, 2.24) is 15.1 Å². The van der Waals surface area contributed by atoms with E-state index in [9.17, 15) is 4.79 Å². The Hall–Kier alpha value is -0.610. The molecule has 1 N–H and O–H groups in total. The van der Waals surface area contributed by atoms with E-state index in [1.807, 2.05) is 0 Å². The van der Waals surface area contributed by atoms with Gasteiger partial charge < -0.3 is 10.2 Å². The van der Waals surface area contributed by atoms with Gasteiger partial charge in [0.15, 0.2) is 0 Å². The summed E-state index contributed by atoms with van der Waals surface area (Å²) < 4.78 is 0. The molecule has 122 valence electrons. The molecule has 1 heterocycles. The smallest absolute Gasteiger partial charge is 0.237 e. The Balaban J connectivity index is 1.95. The van der Waals surface area contributed by atoms with Gasteiger partial charge in [0.25, 0.3) is 0 Å². The van der Waals surface area contributed by atoms with Crippen molar-refractivity contribution in [1.29, 1.82) is 0 Å². The Morgan fingerprint density at radius 3 is 2.29 bits per heavy atom. The van der Waals surface area contributed by atoms with Crippen LogP contribution in [0.2, 0.25) is 0 Å². The lowest BCUT2D eigenvalue weighted by Gasteiger charge is -2.42. The summed E-state index contributed by atoms with van der Waals surface area (Å²) in [7, 11) is 0. The lowest BCUT2D eigenvalue weighted by molar-refractivity contribution is -0.138. The molecule has 1 saturated heterocycles. The van der Waals surface area contributed by atoms with Crippen LogP contribution in [-0.2, 0) is 4.79 Å². The van der Waals surface area contributed by atoms with Crippen molar-refractivity contribution in [2.45, 2.75) is 77.4 Å². The topological polar surface area (TPSA) is 35.6 Å². The van der Waals surface area contributed by atoms with Gasteiger partial charge in [-0.25, -0.2) is 0 Å². The van der Waals surface area contributed by atoms with Gasteiger partial charge in [0.05, 0.1) is 6.54 Å². The molecule has 0 unspecified atom stereocenters. The predicted molar refractivity (Wildman–Crippen MR) is 87.4 cm³/mol. The van der Waals surface area contributed by atoms with Crippen LogP contribution in [0.15, 0.2) is 0 Å². The van der Waals surface area contributed by atoms with Crippen LogP contribution in [0.4, 0.5) is 0 Å². The van der Waals surface area contributed by atoms with E-state index in [-0.39, 0.29) is 0 Å². The van der Waals surface area contributed by atoms with Crippen LogP contribution in [0, 0.1) is 0 Å². The van der Waals surface area contributed by atoms with Crippen molar-refractivity contribution in [2.75, 3.05) is 26.2 Å². The van der Waals surface area contributed by atoms with Crippen molar-refractivity contribution in [3.8, 4) is 0 Å². The Bertz CT molecular complexity index is 322. The number of hydrogen-bond donors (Lipinski definition) is 1. The van der Waals surface area contributed by atoms with Crippen LogP contribution in [0.3, 0.4) is 0 Å². The lowest BCUT2D eigenvalue weighted by Crippen LogP contribution is -2.60. The molecule has 0 atom stereocenters. The SMILES string of the molecule is CCCN(CC(=O)N(C(C)C)C1CCCCC1)C1CNC1. The van der Waals surface area contributed by atoms with Crippen molar-refractivity contribution in [2.24, 2.45) is 0 Å². The molecule has 4 heteroatoms. The largest absolute Gasteiger partial charge is 0.336 e. The van der Waals surface area contributed by atoms with Crippen LogP contribution in [0.25, 0.3) is 0 Å². The Kier molecular flexibility index (Phi) is 6.49. The first-order valence-electron chi connectivity index (χ1n) is 8.89. The molecule has 0 bridgehead atoms. The molecule has 1 amide bonds. The van der Waals surface area contributed by atoms with E-state index in [1.54, 1.807) is 0 Å². The van der Waals surface area contributed by atoms with Crippen LogP contribution >= 0.6 is 0 Å². The summed E-state index contributed by atoms with van der Waals surface area (Å²) in [5.74, 6) is 0.345. The molecule has 0 aromatic heterocycles. The van der Waals surface area contributed by atoms with Crippen molar-refractivity contribution < 1.29 is 4.79 Å². The molecule has 1 aliphatic carbocycles. The maximum absolute atomic E-state index is 12.9. The molecule has 0 aromatic rings. The van der Waals surface area contributed by atoms with E-state index in [1.165, 1.54) is 32.1 Å². The molecule has 2 aliphatic rings. The van der Waals surface area contributed by atoms with Crippen molar-refractivity contribution >= 4 is 5.91 Å². The Morgan fingerprint density at radius 1 is 1.14 bits per heavy atom. The highest BCUT2D eigenvalue weighted by Crippen LogP contribution is 2.24. The zero-order valence-electron chi connectivity index (χ0n) is 14.1. The molecule has 4 nitrogen and oxygen atoms in total. The summed E-state index contributed by atoms with van der Waals surface area (Å²) in [6, 6.07) is 1.37. The van der Waals surface area contributed by atoms with E-state index >= 15 is 0 Å². The molecular formula is C17H33N3O. The summed E-state index contributed by atoms with van der Waals surface area (Å²) in [5.41, 5.74) is 0. The van der Waals surface area contributed by atoms with Crippen LogP contribution < -0.4 is 5.32 Å². The fourth-order valence-corrected chi connectivity index (χ4v) is 3.74. The zero-order valence-corrected chi connectivity index (χ0v) is 14.1. The molecule has 2 rings (SSSR count). The first-order chi connectivity index (χ1) is 10.1. The molecular weight excluding hydrogens is 262 g/mol. The van der Waals surface area contributed by atoms with E-state index in [0.717, 1.165) is 26.1 Å². The summed E-state index contributed by atoms with van der Waals surface area (Å²) in [6.45, 7) is 10.3. The van der Waals surface area contributed by atoms with Crippen molar-refractivity contribution in [3.63, 3.8) is 0 Å². The van der Waals surface area contributed by atoms with Gasteiger partial charge >= 0.3 is 0 Å². The maximum Gasteiger partial charge on any atom is 0.237 e. The van der Waals surface area contributed by atoms with Crippen LogP contribution in [0.1, 0.15) is 59.3 Å². The number of carbonyl (C=O) groups is 1. The highest BCUT2D eigenvalue weighted by Gasteiger charge is 2.31. The van der Waals surface area contributed by atoms with E-state index < -0.39 is 0 Å². The molecule has 2 fully saturated rings. The number of rotatable bonds is 7. The van der Waals surface area contributed by atoms with Gasteiger partial charge in [-0.2, -0.15) is 0 Å². The molecule has 1 aliphatic heterocycles. The van der Waals surface area contributed by atoms with Gasteiger partial charge in [-0.1, -0.05) is 26.2 Å². The maximum atomic E-state index is 12.9. The average molecular weight is 295 g/mol. The van der Waals surface area contributed by atoms with E-state index in [4.69, 9.17) is 0 Å². The van der Waals surface area contributed by atoms with Gasteiger partial charge in [-0.3, -0.25) is 9.69 Å². The van der Waals surface area contributed by atoms with Crippen molar-refractivity contribution in [3.05, 3.63) is 0 Å².